The van der Waals surface area contributed by atoms with Crippen molar-refractivity contribution < 1.29 is 5.21 Å². The van der Waals surface area contributed by atoms with Crippen molar-refractivity contribution in [3.63, 3.8) is 0 Å². The normalized spacial score (nSPS) is 13.2. The molecule has 1 aromatic carbocycles. The average Bonchev–Trinajstić information content (AvgIpc) is 2.15. The van der Waals surface area contributed by atoms with Crippen LogP contribution in [0.3, 0.4) is 0 Å². The minimum absolute atomic E-state index is 0.160. The van der Waals surface area contributed by atoms with E-state index < -0.39 is 0 Å². The Morgan fingerprint density at radius 3 is 2.00 bits per heavy atom. The van der Waals surface area contributed by atoms with Crippen LogP contribution in [0.5, 0.6) is 0 Å². The van der Waals surface area contributed by atoms with Gasteiger partial charge in [0.15, 0.2) is 0 Å². The number of hydrogen-bond acceptors (Lipinski definition) is 2. The zero-order chi connectivity index (χ0) is 13.1. The Morgan fingerprint density at radius 2 is 1.59 bits per heavy atom. The molecule has 0 aliphatic carbocycles. The third-order valence-electron chi connectivity index (χ3n) is 2.87. The fourth-order valence-corrected chi connectivity index (χ4v) is 2.51. The maximum atomic E-state index is 8.47. The Labute approximate surface area is 104 Å². The molecule has 2 nitrogen and oxygen atoms in total. The van der Waals surface area contributed by atoms with Gasteiger partial charge >= 0.3 is 0 Å². The second-order valence-electron chi connectivity index (χ2n) is 6.49. The molecular weight excluding hydrogens is 210 g/mol. The highest BCUT2D eigenvalue weighted by Crippen LogP contribution is 2.36. The molecule has 0 unspecified atom stereocenters. The van der Waals surface area contributed by atoms with Crippen LogP contribution in [-0.4, -0.2) is 11.4 Å². The molecule has 1 rings (SSSR count). The van der Waals surface area contributed by atoms with Gasteiger partial charge in [-0.3, -0.25) is 0 Å². The summed E-state index contributed by atoms with van der Waals surface area (Å²) in [5, 5.41) is 11.5. The highest BCUT2D eigenvalue weighted by Gasteiger charge is 2.26. The van der Waals surface area contributed by atoms with E-state index in [4.69, 9.17) is 5.21 Å². The van der Waals surface area contributed by atoms with Crippen LogP contribution in [0.15, 0.2) is 29.4 Å². The van der Waals surface area contributed by atoms with Crippen molar-refractivity contribution in [2.24, 2.45) is 10.6 Å². The van der Waals surface area contributed by atoms with Crippen molar-refractivity contribution in [2.75, 3.05) is 0 Å². The number of oxime groups is 1. The summed E-state index contributed by atoms with van der Waals surface area (Å²) in [7, 11) is 0. The standard InChI is InChI=1S/C15H23NO/c1-14(2,3)11-15(4,5)13-8-6-12(7-9-13)10-16-17/h6-10,17H,11H2,1-5H3/b16-10+. The molecule has 0 saturated carbocycles. The van der Waals surface area contributed by atoms with Gasteiger partial charge in [-0.15, -0.1) is 0 Å². The average molecular weight is 233 g/mol. The van der Waals surface area contributed by atoms with Crippen LogP contribution in [0, 0.1) is 5.41 Å². The topological polar surface area (TPSA) is 32.6 Å². The summed E-state index contributed by atoms with van der Waals surface area (Å²) in [6.07, 6.45) is 2.58. The summed E-state index contributed by atoms with van der Waals surface area (Å²) in [5.41, 5.74) is 2.72. The maximum absolute atomic E-state index is 8.47. The number of benzene rings is 1. The summed E-state index contributed by atoms with van der Waals surface area (Å²) in [6.45, 7) is 11.3. The zero-order valence-corrected chi connectivity index (χ0v) is 11.5. The molecule has 0 amide bonds. The van der Waals surface area contributed by atoms with Crippen molar-refractivity contribution in [3.05, 3.63) is 35.4 Å². The molecular formula is C15H23NO. The molecule has 94 valence electrons. The highest BCUT2D eigenvalue weighted by atomic mass is 16.4. The lowest BCUT2D eigenvalue weighted by molar-refractivity contribution is 0.284. The Balaban J connectivity index is 2.91. The van der Waals surface area contributed by atoms with Crippen LogP contribution in [0.4, 0.5) is 0 Å². The van der Waals surface area contributed by atoms with Crippen molar-refractivity contribution >= 4 is 6.21 Å². The smallest absolute Gasteiger partial charge is 0.0733 e. The molecule has 1 aromatic rings. The Bertz CT molecular complexity index is 382. The van der Waals surface area contributed by atoms with Gasteiger partial charge in [-0.2, -0.15) is 0 Å². The minimum atomic E-state index is 0.160. The third-order valence-corrected chi connectivity index (χ3v) is 2.87. The molecule has 17 heavy (non-hydrogen) atoms. The minimum Gasteiger partial charge on any atom is -0.411 e. The van der Waals surface area contributed by atoms with Gasteiger partial charge < -0.3 is 5.21 Å². The lowest BCUT2D eigenvalue weighted by atomic mass is 9.72. The van der Waals surface area contributed by atoms with Crippen molar-refractivity contribution in [2.45, 2.75) is 46.5 Å². The van der Waals surface area contributed by atoms with Crippen LogP contribution >= 0.6 is 0 Å². The molecule has 0 radical (unpaired) electrons. The summed E-state index contributed by atoms with van der Waals surface area (Å²) in [5.74, 6) is 0. The monoisotopic (exact) mass is 233 g/mol. The molecule has 0 spiro atoms. The van der Waals surface area contributed by atoms with Gasteiger partial charge in [0.25, 0.3) is 0 Å². The van der Waals surface area contributed by atoms with E-state index in [-0.39, 0.29) is 5.41 Å². The van der Waals surface area contributed by atoms with Crippen LogP contribution < -0.4 is 0 Å². The van der Waals surface area contributed by atoms with Gasteiger partial charge in [0.1, 0.15) is 0 Å². The van der Waals surface area contributed by atoms with Gasteiger partial charge in [0, 0.05) is 0 Å². The number of rotatable bonds is 3. The van der Waals surface area contributed by atoms with E-state index in [0.717, 1.165) is 12.0 Å². The Morgan fingerprint density at radius 1 is 1.06 bits per heavy atom. The quantitative estimate of drug-likeness (QED) is 0.473. The van der Waals surface area contributed by atoms with Crippen molar-refractivity contribution in [1.29, 1.82) is 0 Å². The van der Waals surface area contributed by atoms with Gasteiger partial charge in [-0.05, 0) is 28.4 Å². The van der Waals surface area contributed by atoms with Gasteiger partial charge in [0.05, 0.1) is 6.21 Å². The molecule has 0 fully saturated rings. The molecule has 0 aromatic heterocycles. The summed E-state index contributed by atoms with van der Waals surface area (Å²) in [6, 6.07) is 8.20. The molecule has 0 aliphatic rings. The van der Waals surface area contributed by atoms with E-state index in [0.29, 0.717) is 5.41 Å². The molecule has 0 atom stereocenters. The molecule has 2 heteroatoms. The number of nitrogens with zero attached hydrogens (tertiary/aromatic N) is 1. The summed E-state index contributed by atoms with van der Waals surface area (Å²) in [4.78, 5) is 0. The van der Waals surface area contributed by atoms with Crippen LogP contribution in [0.25, 0.3) is 0 Å². The fourth-order valence-electron chi connectivity index (χ4n) is 2.51. The fraction of sp³-hybridized carbons (Fsp3) is 0.533. The van der Waals surface area contributed by atoms with E-state index in [1.807, 2.05) is 12.1 Å². The predicted octanol–water partition coefficient (Wildman–Crippen LogP) is 4.21. The van der Waals surface area contributed by atoms with Crippen LogP contribution in [-0.2, 0) is 5.41 Å². The Hall–Kier alpha value is -1.31. The van der Waals surface area contributed by atoms with Crippen molar-refractivity contribution in [3.8, 4) is 0 Å². The third kappa shape index (κ3) is 4.22. The molecule has 0 heterocycles. The van der Waals surface area contributed by atoms with E-state index in [1.165, 1.54) is 11.8 Å². The predicted molar refractivity (Wildman–Crippen MR) is 72.9 cm³/mol. The van der Waals surface area contributed by atoms with E-state index in [1.54, 1.807) is 0 Å². The highest BCUT2D eigenvalue weighted by molar-refractivity contribution is 5.79. The summed E-state index contributed by atoms with van der Waals surface area (Å²) < 4.78 is 0. The molecule has 0 saturated heterocycles. The second-order valence-corrected chi connectivity index (χ2v) is 6.49. The maximum Gasteiger partial charge on any atom is 0.0733 e. The molecule has 0 aliphatic heterocycles. The molecule has 0 bridgehead atoms. The van der Waals surface area contributed by atoms with Crippen LogP contribution in [0.1, 0.15) is 52.2 Å². The van der Waals surface area contributed by atoms with E-state index in [9.17, 15) is 0 Å². The first-order chi connectivity index (χ1) is 7.74. The number of hydrogen-bond donors (Lipinski definition) is 1. The zero-order valence-electron chi connectivity index (χ0n) is 11.5. The summed E-state index contributed by atoms with van der Waals surface area (Å²) >= 11 is 0. The largest absolute Gasteiger partial charge is 0.411 e. The first-order valence-electron chi connectivity index (χ1n) is 6.03. The Kier molecular flexibility index (Phi) is 3.97. The van der Waals surface area contributed by atoms with E-state index >= 15 is 0 Å². The molecule has 1 N–H and O–H groups in total. The van der Waals surface area contributed by atoms with Gasteiger partial charge in [-0.25, -0.2) is 0 Å². The van der Waals surface area contributed by atoms with Gasteiger partial charge in [0.2, 0.25) is 0 Å². The van der Waals surface area contributed by atoms with Gasteiger partial charge in [-0.1, -0.05) is 64.0 Å². The van der Waals surface area contributed by atoms with Crippen molar-refractivity contribution in [1.82, 2.24) is 0 Å². The second kappa shape index (κ2) is 4.91. The SMILES string of the molecule is CC(C)(C)CC(C)(C)c1ccc(/C=N/O)cc1. The lowest BCUT2D eigenvalue weighted by Crippen LogP contribution is -2.24. The lowest BCUT2D eigenvalue weighted by Gasteiger charge is -2.33. The first-order valence-corrected chi connectivity index (χ1v) is 6.03. The van der Waals surface area contributed by atoms with E-state index in [2.05, 4.69) is 51.9 Å². The van der Waals surface area contributed by atoms with Crippen LogP contribution in [0.2, 0.25) is 0 Å². The first kappa shape index (κ1) is 13.8.